The van der Waals surface area contributed by atoms with Crippen molar-refractivity contribution in [3.05, 3.63) is 23.8 Å². The van der Waals surface area contributed by atoms with Crippen molar-refractivity contribution < 1.29 is 4.74 Å². The highest BCUT2D eigenvalue weighted by Crippen LogP contribution is 2.35. The van der Waals surface area contributed by atoms with Crippen molar-refractivity contribution in [2.24, 2.45) is 11.7 Å². The number of rotatable bonds is 1. The van der Waals surface area contributed by atoms with Crippen molar-refractivity contribution in [3.8, 4) is 5.75 Å². The highest BCUT2D eigenvalue weighted by molar-refractivity contribution is 5.55. The van der Waals surface area contributed by atoms with Crippen LogP contribution in [0.2, 0.25) is 0 Å². The molecule has 0 radical (unpaired) electrons. The number of nitrogens with two attached hydrogens (primary N) is 2. The van der Waals surface area contributed by atoms with Crippen LogP contribution in [0.5, 0.6) is 5.75 Å². The highest BCUT2D eigenvalue weighted by Gasteiger charge is 2.35. The Morgan fingerprint density at radius 3 is 2.74 bits per heavy atom. The number of nitrogen functional groups attached to an aromatic ring is 1. The average molecular weight is 261 g/mol. The monoisotopic (exact) mass is 261 g/mol. The molecule has 19 heavy (non-hydrogen) atoms. The van der Waals surface area contributed by atoms with Gasteiger partial charge in [0.15, 0.2) is 0 Å². The zero-order valence-electron chi connectivity index (χ0n) is 11.5. The van der Waals surface area contributed by atoms with Crippen LogP contribution in [0.1, 0.15) is 18.4 Å². The number of ether oxygens (including phenoxy) is 1. The molecule has 2 atom stereocenters. The van der Waals surface area contributed by atoms with Gasteiger partial charge in [-0.25, -0.2) is 0 Å². The van der Waals surface area contributed by atoms with Gasteiger partial charge in [-0.3, -0.25) is 0 Å². The number of anilines is 1. The van der Waals surface area contributed by atoms with E-state index < -0.39 is 0 Å². The Morgan fingerprint density at radius 1 is 1.26 bits per heavy atom. The van der Waals surface area contributed by atoms with Gasteiger partial charge < -0.3 is 21.1 Å². The smallest absolute Gasteiger partial charge is 0.125 e. The van der Waals surface area contributed by atoms with Crippen LogP contribution in [0.3, 0.4) is 0 Å². The number of hydrogen-bond acceptors (Lipinski definition) is 4. The van der Waals surface area contributed by atoms with Gasteiger partial charge in [-0.05, 0) is 57.5 Å². The topological polar surface area (TPSA) is 64.5 Å². The number of benzene rings is 1. The van der Waals surface area contributed by atoms with Crippen LogP contribution in [0.4, 0.5) is 5.69 Å². The lowest BCUT2D eigenvalue weighted by Crippen LogP contribution is -2.50. The zero-order valence-corrected chi connectivity index (χ0v) is 11.5. The summed E-state index contributed by atoms with van der Waals surface area (Å²) in [6.45, 7) is 2.28. The fourth-order valence-electron chi connectivity index (χ4n) is 3.30. The van der Waals surface area contributed by atoms with Gasteiger partial charge >= 0.3 is 0 Å². The maximum atomic E-state index is 6.33. The van der Waals surface area contributed by atoms with Crippen molar-refractivity contribution in [3.63, 3.8) is 0 Å². The number of hydrogen-bond donors (Lipinski definition) is 2. The second-order valence-corrected chi connectivity index (χ2v) is 5.92. The fraction of sp³-hybridized carbons (Fsp3) is 0.600. The molecule has 2 aliphatic heterocycles. The molecule has 0 spiro atoms. The number of nitrogens with zero attached hydrogens (tertiary/aromatic N) is 1. The Labute approximate surface area is 114 Å². The van der Waals surface area contributed by atoms with Gasteiger partial charge in [0.1, 0.15) is 11.9 Å². The SMILES string of the molecule is CN1CCC(C2Oc3cccc(N)c3CC2N)CC1. The minimum Gasteiger partial charge on any atom is -0.488 e. The van der Waals surface area contributed by atoms with E-state index in [0.29, 0.717) is 5.92 Å². The molecule has 2 heterocycles. The molecule has 0 aliphatic carbocycles. The molecular weight excluding hydrogens is 238 g/mol. The second-order valence-electron chi connectivity index (χ2n) is 5.92. The standard InChI is InChI=1S/C15H23N3O/c1-18-7-5-10(6-8-18)15-13(17)9-11-12(16)3-2-4-14(11)19-15/h2-4,10,13,15H,5-9,16-17H2,1H3. The molecule has 0 bridgehead atoms. The molecule has 2 aliphatic rings. The molecule has 0 aromatic heterocycles. The van der Waals surface area contributed by atoms with E-state index in [1.54, 1.807) is 0 Å². The van der Waals surface area contributed by atoms with Crippen LogP contribution in [-0.4, -0.2) is 37.2 Å². The first-order valence-electron chi connectivity index (χ1n) is 7.13. The van der Waals surface area contributed by atoms with Crippen molar-refractivity contribution >= 4 is 5.69 Å². The second kappa shape index (κ2) is 5.02. The Kier molecular flexibility index (Phi) is 3.37. The van der Waals surface area contributed by atoms with Gasteiger partial charge in [0.05, 0.1) is 0 Å². The number of piperidine rings is 1. The summed E-state index contributed by atoms with van der Waals surface area (Å²) in [5, 5.41) is 0. The first-order chi connectivity index (χ1) is 9.15. The molecule has 2 unspecified atom stereocenters. The molecule has 4 nitrogen and oxygen atoms in total. The van der Waals surface area contributed by atoms with E-state index >= 15 is 0 Å². The predicted octanol–water partition coefficient (Wildman–Crippen LogP) is 1.24. The lowest BCUT2D eigenvalue weighted by Gasteiger charge is -2.40. The molecule has 0 amide bonds. The molecule has 4 N–H and O–H groups in total. The maximum absolute atomic E-state index is 6.33. The Morgan fingerprint density at radius 2 is 2.00 bits per heavy atom. The largest absolute Gasteiger partial charge is 0.488 e. The first-order valence-corrected chi connectivity index (χ1v) is 7.13. The Bertz CT molecular complexity index is 455. The number of fused-ring (bicyclic) bond motifs is 1. The summed E-state index contributed by atoms with van der Waals surface area (Å²) in [7, 11) is 2.17. The van der Waals surface area contributed by atoms with E-state index in [0.717, 1.165) is 36.5 Å². The van der Waals surface area contributed by atoms with Crippen molar-refractivity contribution in [2.45, 2.75) is 31.4 Å². The molecule has 104 valence electrons. The van der Waals surface area contributed by atoms with E-state index in [1.165, 1.54) is 12.8 Å². The Balaban J connectivity index is 1.78. The highest BCUT2D eigenvalue weighted by atomic mass is 16.5. The summed E-state index contributed by atoms with van der Waals surface area (Å²) < 4.78 is 6.18. The molecule has 3 rings (SSSR count). The van der Waals surface area contributed by atoms with E-state index in [2.05, 4.69) is 11.9 Å². The zero-order chi connectivity index (χ0) is 13.4. The van der Waals surface area contributed by atoms with Crippen LogP contribution < -0.4 is 16.2 Å². The van der Waals surface area contributed by atoms with Crippen LogP contribution >= 0.6 is 0 Å². The third kappa shape index (κ3) is 2.42. The molecule has 1 aromatic carbocycles. The third-order valence-corrected chi connectivity index (χ3v) is 4.52. The van der Waals surface area contributed by atoms with Gasteiger partial charge in [0.25, 0.3) is 0 Å². The molecule has 0 saturated carbocycles. The van der Waals surface area contributed by atoms with Crippen molar-refractivity contribution in [1.29, 1.82) is 0 Å². The molecule has 1 saturated heterocycles. The minimum atomic E-state index is 0.0607. The molecular formula is C15H23N3O. The third-order valence-electron chi connectivity index (χ3n) is 4.52. The molecule has 4 heteroatoms. The summed E-state index contributed by atoms with van der Waals surface area (Å²) >= 11 is 0. The van der Waals surface area contributed by atoms with Gasteiger partial charge in [-0.15, -0.1) is 0 Å². The van der Waals surface area contributed by atoms with Gasteiger partial charge in [0, 0.05) is 17.3 Å². The summed E-state index contributed by atoms with van der Waals surface area (Å²) in [4.78, 5) is 2.37. The van der Waals surface area contributed by atoms with Crippen LogP contribution in [0.25, 0.3) is 0 Å². The minimum absolute atomic E-state index is 0.0607. The number of likely N-dealkylation sites (tertiary alicyclic amines) is 1. The molecule has 1 fully saturated rings. The summed E-state index contributed by atoms with van der Waals surface area (Å²) in [5.41, 5.74) is 14.2. The predicted molar refractivity (Wildman–Crippen MR) is 77.2 cm³/mol. The quantitative estimate of drug-likeness (QED) is 0.747. The molecule has 1 aromatic rings. The maximum Gasteiger partial charge on any atom is 0.125 e. The van der Waals surface area contributed by atoms with Crippen molar-refractivity contribution in [2.75, 3.05) is 25.9 Å². The van der Waals surface area contributed by atoms with Crippen LogP contribution in [-0.2, 0) is 6.42 Å². The first kappa shape index (κ1) is 12.8. The Hall–Kier alpha value is -1.26. The van der Waals surface area contributed by atoms with Crippen LogP contribution in [0.15, 0.2) is 18.2 Å². The fourth-order valence-corrected chi connectivity index (χ4v) is 3.30. The van der Waals surface area contributed by atoms with Gasteiger partial charge in [-0.2, -0.15) is 0 Å². The van der Waals surface area contributed by atoms with Crippen molar-refractivity contribution in [1.82, 2.24) is 4.90 Å². The van der Waals surface area contributed by atoms with E-state index in [1.807, 2.05) is 18.2 Å². The summed E-state index contributed by atoms with van der Waals surface area (Å²) in [6, 6.07) is 5.95. The summed E-state index contributed by atoms with van der Waals surface area (Å²) in [5.74, 6) is 1.51. The summed E-state index contributed by atoms with van der Waals surface area (Å²) in [6.07, 6.45) is 3.32. The lowest BCUT2D eigenvalue weighted by molar-refractivity contribution is 0.0558. The van der Waals surface area contributed by atoms with Gasteiger partial charge in [0.2, 0.25) is 0 Å². The lowest BCUT2D eigenvalue weighted by atomic mass is 9.83. The average Bonchev–Trinajstić information content (AvgIpc) is 2.40. The normalized spacial score (nSPS) is 28.7. The van der Waals surface area contributed by atoms with E-state index in [4.69, 9.17) is 16.2 Å². The van der Waals surface area contributed by atoms with Crippen LogP contribution in [0, 0.1) is 5.92 Å². The van der Waals surface area contributed by atoms with E-state index in [-0.39, 0.29) is 12.1 Å². The van der Waals surface area contributed by atoms with E-state index in [9.17, 15) is 0 Å². The van der Waals surface area contributed by atoms with Gasteiger partial charge in [-0.1, -0.05) is 6.07 Å².